The van der Waals surface area contributed by atoms with Crippen LogP contribution in [0.1, 0.15) is 24.6 Å². The van der Waals surface area contributed by atoms with Crippen LogP contribution in [0, 0.1) is 12.8 Å². The molecule has 0 N–H and O–H groups in total. The van der Waals surface area contributed by atoms with Gasteiger partial charge in [0.05, 0.1) is 10.8 Å². The van der Waals surface area contributed by atoms with Gasteiger partial charge in [-0.2, -0.15) is 4.31 Å². The van der Waals surface area contributed by atoms with Gasteiger partial charge in [-0.05, 0) is 25.0 Å². The molecule has 1 aromatic heterocycles. The average molecular weight is 365 g/mol. The summed E-state index contributed by atoms with van der Waals surface area (Å²) in [4.78, 5) is 12.4. The van der Waals surface area contributed by atoms with Crippen molar-refractivity contribution >= 4 is 16.0 Å². The number of hydrogen-bond acceptors (Lipinski definition) is 7. The zero-order valence-electron chi connectivity index (χ0n) is 13.8. The second kappa shape index (κ2) is 7.32. The van der Waals surface area contributed by atoms with E-state index in [0.717, 1.165) is 0 Å². The zero-order valence-corrected chi connectivity index (χ0v) is 14.6. The number of benzene rings is 1. The third kappa shape index (κ3) is 4.05. The van der Waals surface area contributed by atoms with Gasteiger partial charge in [-0.1, -0.05) is 18.2 Å². The number of aryl methyl sites for hydroxylation is 1. The molecule has 8 nitrogen and oxygen atoms in total. The van der Waals surface area contributed by atoms with Crippen LogP contribution in [0.5, 0.6) is 0 Å². The van der Waals surface area contributed by atoms with E-state index in [0.29, 0.717) is 18.7 Å². The molecular formula is C16H19N3O5S. The van der Waals surface area contributed by atoms with Crippen LogP contribution in [-0.4, -0.2) is 42.0 Å². The van der Waals surface area contributed by atoms with Gasteiger partial charge in [0.15, 0.2) is 6.61 Å². The first-order valence-corrected chi connectivity index (χ1v) is 9.41. The van der Waals surface area contributed by atoms with Gasteiger partial charge in [0.1, 0.15) is 0 Å². The Morgan fingerprint density at radius 3 is 2.52 bits per heavy atom. The molecule has 134 valence electrons. The number of esters is 1. The fourth-order valence-electron chi connectivity index (χ4n) is 2.72. The number of piperidine rings is 1. The first kappa shape index (κ1) is 17.6. The Morgan fingerprint density at radius 2 is 1.92 bits per heavy atom. The maximum atomic E-state index is 12.6. The lowest BCUT2D eigenvalue weighted by Gasteiger charge is -2.30. The number of ether oxygens (including phenoxy) is 1. The van der Waals surface area contributed by atoms with Crippen LogP contribution in [0.3, 0.4) is 0 Å². The maximum absolute atomic E-state index is 12.6. The third-order valence-corrected chi connectivity index (χ3v) is 5.99. The second-order valence-electron chi connectivity index (χ2n) is 5.81. The molecule has 0 radical (unpaired) electrons. The van der Waals surface area contributed by atoms with Crippen molar-refractivity contribution in [2.75, 3.05) is 13.1 Å². The lowest BCUT2D eigenvalue weighted by Crippen LogP contribution is -2.40. The van der Waals surface area contributed by atoms with Crippen molar-refractivity contribution in [2.24, 2.45) is 5.92 Å². The Bertz CT molecular complexity index is 826. The summed E-state index contributed by atoms with van der Waals surface area (Å²) in [7, 11) is -3.52. The highest BCUT2D eigenvalue weighted by Gasteiger charge is 2.32. The molecule has 1 fully saturated rings. The molecule has 9 heteroatoms. The van der Waals surface area contributed by atoms with Crippen LogP contribution in [0.2, 0.25) is 0 Å². The van der Waals surface area contributed by atoms with Gasteiger partial charge in [0, 0.05) is 20.0 Å². The molecule has 0 saturated carbocycles. The quantitative estimate of drug-likeness (QED) is 0.740. The van der Waals surface area contributed by atoms with Crippen molar-refractivity contribution < 1.29 is 22.4 Å². The highest BCUT2D eigenvalue weighted by atomic mass is 32.2. The van der Waals surface area contributed by atoms with Crippen LogP contribution < -0.4 is 0 Å². The minimum Gasteiger partial charge on any atom is -0.455 e. The van der Waals surface area contributed by atoms with E-state index in [1.165, 1.54) is 4.31 Å². The number of hydrogen-bond donors (Lipinski definition) is 0. The highest BCUT2D eigenvalue weighted by Crippen LogP contribution is 2.24. The highest BCUT2D eigenvalue weighted by molar-refractivity contribution is 7.89. The molecule has 25 heavy (non-hydrogen) atoms. The normalized spacial score (nSPS) is 16.7. The minimum atomic E-state index is -3.52. The Kier molecular flexibility index (Phi) is 5.14. The molecule has 2 aromatic rings. The van der Waals surface area contributed by atoms with Gasteiger partial charge >= 0.3 is 5.97 Å². The summed E-state index contributed by atoms with van der Waals surface area (Å²) in [5.74, 6) is -0.0423. The van der Waals surface area contributed by atoms with E-state index in [9.17, 15) is 13.2 Å². The smallest absolute Gasteiger partial charge is 0.309 e. The molecule has 1 aromatic carbocycles. The van der Waals surface area contributed by atoms with Crippen molar-refractivity contribution in [2.45, 2.75) is 31.3 Å². The fraction of sp³-hybridized carbons (Fsp3) is 0.438. The van der Waals surface area contributed by atoms with E-state index in [-0.39, 0.29) is 42.4 Å². The summed E-state index contributed by atoms with van der Waals surface area (Å²) < 4.78 is 36.9. The Labute approximate surface area is 145 Å². The van der Waals surface area contributed by atoms with Crippen LogP contribution >= 0.6 is 0 Å². The first-order valence-electron chi connectivity index (χ1n) is 7.97. The second-order valence-corrected chi connectivity index (χ2v) is 7.75. The molecule has 1 saturated heterocycles. The van der Waals surface area contributed by atoms with Gasteiger partial charge in [-0.15, -0.1) is 10.2 Å². The molecule has 0 unspecified atom stereocenters. The lowest BCUT2D eigenvalue weighted by molar-refractivity contribution is -0.151. The average Bonchev–Trinajstić information content (AvgIpc) is 3.06. The van der Waals surface area contributed by atoms with Gasteiger partial charge in [0.2, 0.25) is 15.9 Å². The fourth-order valence-corrected chi connectivity index (χ4v) is 4.21. The van der Waals surface area contributed by atoms with E-state index in [1.807, 2.05) is 0 Å². The predicted molar refractivity (Wildman–Crippen MR) is 86.8 cm³/mol. The van der Waals surface area contributed by atoms with E-state index < -0.39 is 10.0 Å². The van der Waals surface area contributed by atoms with Gasteiger partial charge < -0.3 is 9.15 Å². The summed E-state index contributed by atoms with van der Waals surface area (Å²) >= 11 is 0. The molecule has 0 amide bonds. The van der Waals surface area contributed by atoms with E-state index >= 15 is 0 Å². The van der Waals surface area contributed by atoms with Crippen LogP contribution in [-0.2, 0) is 26.2 Å². The molecule has 1 aliphatic heterocycles. The molecule has 0 bridgehead atoms. The van der Waals surface area contributed by atoms with E-state index in [2.05, 4.69) is 10.2 Å². The monoisotopic (exact) mass is 365 g/mol. The van der Waals surface area contributed by atoms with Gasteiger partial charge in [0.25, 0.3) is 5.89 Å². The van der Waals surface area contributed by atoms with E-state index in [4.69, 9.17) is 9.15 Å². The molecule has 0 aliphatic carbocycles. The third-order valence-electron chi connectivity index (χ3n) is 4.07. The predicted octanol–water partition coefficient (Wildman–Crippen LogP) is 1.52. The summed E-state index contributed by atoms with van der Waals surface area (Å²) in [5, 5.41) is 7.42. The standard InChI is InChI=1S/C16H19N3O5S/c1-12-17-18-15(24-12)11-23-16(20)13-7-9-19(10-8-13)25(21,22)14-5-3-2-4-6-14/h2-6,13H,7-11H2,1H3. The molecule has 0 spiro atoms. The maximum Gasteiger partial charge on any atom is 0.309 e. The van der Waals surface area contributed by atoms with Crippen molar-refractivity contribution in [3.05, 3.63) is 42.1 Å². The number of sulfonamides is 1. The van der Waals surface area contributed by atoms with Crippen LogP contribution in [0.25, 0.3) is 0 Å². The minimum absolute atomic E-state index is 0.0673. The number of rotatable bonds is 5. The van der Waals surface area contributed by atoms with Crippen molar-refractivity contribution in [3.8, 4) is 0 Å². The molecule has 0 atom stereocenters. The molecule has 1 aliphatic rings. The number of carbonyl (C=O) groups is 1. The molecular weight excluding hydrogens is 346 g/mol. The summed E-state index contributed by atoms with van der Waals surface area (Å²) in [6.07, 6.45) is 0.849. The first-order chi connectivity index (χ1) is 12.0. The molecule has 3 rings (SSSR count). The number of aromatic nitrogens is 2. The molecule has 2 heterocycles. The topological polar surface area (TPSA) is 103 Å². The Morgan fingerprint density at radius 1 is 1.24 bits per heavy atom. The number of nitrogens with zero attached hydrogens (tertiary/aromatic N) is 3. The largest absolute Gasteiger partial charge is 0.455 e. The SMILES string of the molecule is Cc1nnc(COC(=O)C2CCN(S(=O)(=O)c3ccccc3)CC2)o1. The van der Waals surface area contributed by atoms with Crippen molar-refractivity contribution in [1.82, 2.24) is 14.5 Å². The van der Waals surface area contributed by atoms with Crippen LogP contribution in [0.4, 0.5) is 0 Å². The van der Waals surface area contributed by atoms with Crippen LogP contribution in [0.15, 0.2) is 39.6 Å². The summed E-state index contributed by atoms with van der Waals surface area (Å²) in [6, 6.07) is 8.29. The van der Waals surface area contributed by atoms with Crippen molar-refractivity contribution in [3.63, 3.8) is 0 Å². The van der Waals surface area contributed by atoms with E-state index in [1.54, 1.807) is 37.3 Å². The van der Waals surface area contributed by atoms with Gasteiger partial charge in [-0.25, -0.2) is 8.42 Å². The zero-order chi connectivity index (χ0) is 17.9. The Balaban J connectivity index is 1.54. The Hall–Kier alpha value is -2.26. The summed E-state index contributed by atoms with van der Waals surface area (Å²) in [5.41, 5.74) is 0. The summed E-state index contributed by atoms with van der Waals surface area (Å²) in [6.45, 7) is 2.16. The lowest BCUT2D eigenvalue weighted by atomic mass is 9.98. The van der Waals surface area contributed by atoms with Gasteiger partial charge in [-0.3, -0.25) is 4.79 Å². The van der Waals surface area contributed by atoms with Crippen molar-refractivity contribution in [1.29, 1.82) is 0 Å². The number of carbonyl (C=O) groups excluding carboxylic acids is 1.